The van der Waals surface area contributed by atoms with Crippen molar-refractivity contribution in [2.45, 2.75) is 155 Å². The predicted octanol–water partition coefficient (Wildman–Crippen LogP) is 7.83. The van der Waals surface area contributed by atoms with Crippen LogP contribution in [0.1, 0.15) is 143 Å². The molecule has 0 aromatic heterocycles. The second-order valence-electron chi connectivity index (χ2n) is 9.87. The van der Waals surface area contributed by atoms with Crippen LogP contribution in [-0.2, 0) is 4.79 Å². The van der Waals surface area contributed by atoms with Crippen LogP contribution < -0.4 is 11.1 Å². The van der Waals surface area contributed by atoms with Crippen molar-refractivity contribution in [1.82, 2.24) is 5.32 Å². The molecule has 0 aromatic rings. The fraction of sp³-hybridized carbons (Fsp3) is 0.889. The molecular formula is C27H54N2O. The number of hydrogen-bond donors (Lipinski definition) is 2. The van der Waals surface area contributed by atoms with Gasteiger partial charge in [0.1, 0.15) is 0 Å². The first-order chi connectivity index (χ1) is 14.4. The molecule has 3 nitrogen and oxygen atoms in total. The van der Waals surface area contributed by atoms with Crippen LogP contribution in [0.5, 0.6) is 0 Å². The zero-order chi connectivity index (χ0) is 22.5. The van der Waals surface area contributed by atoms with Crippen molar-refractivity contribution >= 4 is 5.91 Å². The Labute approximate surface area is 189 Å². The van der Waals surface area contributed by atoms with Crippen LogP contribution in [0.2, 0.25) is 0 Å². The van der Waals surface area contributed by atoms with Crippen molar-refractivity contribution in [2.24, 2.45) is 5.73 Å². The van der Waals surface area contributed by atoms with Crippen molar-refractivity contribution in [2.75, 3.05) is 0 Å². The number of nitrogens with one attached hydrogen (secondary N) is 1. The molecule has 1 amide bonds. The molecule has 1 aliphatic heterocycles. The molecule has 178 valence electrons. The summed E-state index contributed by atoms with van der Waals surface area (Å²) < 4.78 is 0. The fourth-order valence-corrected chi connectivity index (χ4v) is 3.53. The van der Waals surface area contributed by atoms with E-state index in [1.807, 2.05) is 13.8 Å². The van der Waals surface area contributed by atoms with Crippen LogP contribution in [-0.4, -0.2) is 17.5 Å². The van der Waals surface area contributed by atoms with Crippen molar-refractivity contribution < 1.29 is 4.79 Å². The number of rotatable bonds is 17. The third kappa shape index (κ3) is 21.9. The first-order valence-electron chi connectivity index (χ1n) is 13.1. The highest BCUT2D eigenvalue weighted by Crippen LogP contribution is 2.15. The summed E-state index contributed by atoms with van der Waals surface area (Å²) in [6.45, 7) is 8.40. The van der Waals surface area contributed by atoms with Gasteiger partial charge >= 0.3 is 0 Å². The molecule has 0 bridgehead atoms. The molecule has 1 atom stereocenters. The molecule has 0 radical (unpaired) electrons. The minimum atomic E-state index is 0.0417. The Kier molecular flexibility index (Phi) is 19.5. The number of hydrogen-bond acceptors (Lipinski definition) is 2. The summed E-state index contributed by atoms with van der Waals surface area (Å²) in [5.74, 6) is 0.254. The van der Waals surface area contributed by atoms with E-state index in [-0.39, 0.29) is 11.4 Å². The molecule has 1 saturated heterocycles. The molecule has 0 saturated carbocycles. The van der Waals surface area contributed by atoms with Crippen LogP contribution in [0, 0.1) is 0 Å². The van der Waals surface area contributed by atoms with Gasteiger partial charge < -0.3 is 11.1 Å². The summed E-state index contributed by atoms with van der Waals surface area (Å²) in [5, 5.41) is 3.06. The van der Waals surface area contributed by atoms with Crippen molar-refractivity contribution in [3.05, 3.63) is 12.2 Å². The van der Waals surface area contributed by atoms with Gasteiger partial charge in [-0.2, -0.15) is 0 Å². The third-order valence-corrected chi connectivity index (χ3v) is 6.06. The Morgan fingerprint density at radius 3 is 1.77 bits per heavy atom. The summed E-state index contributed by atoms with van der Waals surface area (Å²) in [6, 6.07) is 0.481. The smallest absolute Gasteiger partial charge is 0.220 e. The zero-order valence-electron chi connectivity index (χ0n) is 20.9. The molecule has 0 aromatic carbocycles. The van der Waals surface area contributed by atoms with Crippen LogP contribution >= 0.6 is 0 Å². The largest absolute Gasteiger partial charge is 0.353 e. The van der Waals surface area contributed by atoms with Gasteiger partial charge in [-0.05, 0) is 58.8 Å². The maximum atomic E-state index is 11.1. The molecule has 1 aliphatic rings. The quantitative estimate of drug-likeness (QED) is 0.185. The topological polar surface area (TPSA) is 55.1 Å². The third-order valence-electron chi connectivity index (χ3n) is 6.06. The minimum Gasteiger partial charge on any atom is -0.353 e. The summed E-state index contributed by atoms with van der Waals surface area (Å²) in [4.78, 5) is 11.1. The normalized spacial score (nSPS) is 16.6. The fourth-order valence-electron chi connectivity index (χ4n) is 3.53. The first-order valence-corrected chi connectivity index (χ1v) is 13.1. The molecule has 0 aliphatic carbocycles. The second kappa shape index (κ2) is 20.1. The summed E-state index contributed by atoms with van der Waals surface area (Å²) >= 11 is 0. The molecule has 1 heterocycles. The number of carbonyl (C=O) groups is 1. The van der Waals surface area contributed by atoms with E-state index in [2.05, 4.69) is 31.3 Å². The number of allylic oxidation sites excluding steroid dienone is 2. The summed E-state index contributed by atoms with van der Waals surface area (Å²) in [5.41, 5.74) is 5.58. The average Bonchev–Trinajstić information content (AvgIpc) is 3.12. The minimum absolute atomic E-state index is 0.0417. The Balaban J connectivity index is 0.00000122. The highest BCUT2D eigenvalue weighted by molar-refractivity contribution is 5.78. The Hall–Kier alpha value is -0.830. The van der Waals surface area contributed by atoms with E-state index in [0.717, 1.165) is 19.3 Å². The van der Waals surface area contributed by atoms with E-state index in [0.29, 0.717) is 6.04 Å². The maximum Gasteiger partial charge on any atom is 0.220 e. The van der Waals surface area contributed by atoms with E-state index in [9.17, 15) is 4.79 Å². The van der Waals surface area contributed by atoms with Gasteiger partial charge in [-0.3, -0.25) is 4.79 Å². The maximum absolute atomic E-state index is 11.1. The van der Waals surface area contributed by atoms with Gasteiger partial charge in [-0.25, -0.2) is 0 Å². The highest BCUT2D eigenvalue weighted by Gasteiger charge is 2.19. The van der Waals surface area contributed by atoms with E-state index >= 15 is 0 Å². The molecule has 3 N–H and O–H groups in total. The Bertz CT molecular complexity index is 412. The monoisotopic (exact) mass is 422 g/mol. The molecule has 3 heteroatoms. The van der Waals surface area contributed by atoms with E-state index in [1.165, 1.54) is 96.3 Å². The summed E-state index contributed by atoms with van der Waals surface area (Å²) in [7, 11) is 0. The molecule has 1 unspecified atom stereocenters. The van der Waals surface area contributed by atoms with Crippen molar-refractivity contribution in [3.8, 4) is 0 Å². The first kappa shape index (κ1) is 29.2. The predicted molar refractivity (Wildman–Crippen MR) is 134 cm³/mol. The number of carbonyl (C=O) groups excluding carboxylic acids is 1. The van der Waals surface area contributed by atoms with Gasteiger partial charge in [-0.15, -0.1) is 0 Å². The Morgan fingerprint density at radius 1 is 0.867 bits per heavy atom. The van der Waals surface area contributed by atoms with Crippen LogP contribution in [0.4, 0.5) is 0 Å². The van der Waals surface area contributed by atoms with Gasteiger partial charge in [0.05, 0.1) is 0 Å². The number of amides is 1. The number of nitrogens with two attached hydrogens (primary N) is 1. The van der Waals surface area contributed by atoms with Crippen LogP contribution in [0.15, 0.2) is 12.2 Å². The zero-order valence-corrected chi connectivity index (χ0v) is 20.9. The molecule has 30 heavy (non-hydrogen) atoms. The lowest BCUT2D eigenvalue weighted by Crippen LogP contribution is -2.30. The Morgan fingerprint density at radius 2 is 1.33 bits per heavy atom. The van der Waals surface area contributed by atoms with Gasteiger partial charge in [0.25, 0.3) is 0 Å². The number of unbranched alkanes of at least 4 members (excludes halogenated alkanes) is 12. The summed E-state index contributed by atoms with van der Waals surface area (Å²) in [6.07, 6.45) is 27.9. The van der Waals surface area contributed by atoms with Gasteiger partial charge in [0.15, 0.2) is 0 Å². The van der Waals surface area contributed by atoms with E-state index in [4.69, 9.17) is 5.73 Å². The van der Waals surface area contributed by atoms with Crippen molar-refractivity contribution in [3.63, 3.8) is 0 Å². The van der Waals surface area contributed by atoms with Gasteiger partial charge in [0, 0.05) is 18.0 Å². The van der Waals surface area contributed by atoms with E-state index in [1.54, 1.807) is 0 Å². The lowest BCUT2D eigenvalue weighted by Gasteiger charge is -2.13. The SMILES string of the molecule is CCC(C)(C)N.CCCCCCCCC=CCCCCCCCCC1CCC(=O)N1. The van der Waals surface area contributed by atoms with Crippen LogP contribution in [0.25, 0.3) is 0 Å². The van der Waals surface area contributed by atoms with Gasteiger partial charge in [0.2, 0.25) is 5.91 Å². The molecule has 0 spiro atoms. The molecular weight excluding hydrogens is 368 g/mol. The second-order valence-corrected chi connectivity index (χ2v) is 9.87. The van der Waals surface area contributed by atoms with Gasteiger partial charge in [-0.1, -0.05) is 90.2 Å². The molecule has 1 fully saturated rings. The molecule has 1 rings (SSSR count). The lowest BCUT2D eigenvalue weighted by atomic mass is 10.0. The average molecular weight is 423 g/mol. The lowest BCUT2D eigenvalue weighted by molar-refractivity contribution is -0.119. The highest BCUT2D eigenvalue weighted by atomic mass is 16.1. The standard InChI is InChI=1S/C22H41NO.C5H13N/c1-2-3-4-5-6-7-8-9-10-11-12-13-14-15-16-17-18-21-19-20-22(24)23-21;1-4-5(2,3)6/h9-10,21H,2-8,11-20H2,1H3,(H,23,24);4,6H2,1-3H3. The van der Waals surface area contributed by atoms with Crippen molar-refractivity contribution in [1.29, 1.82) is 0 Å². The van der Waals surface area contributed by atoms with E-state index < -0.39 is 0 Å². The van der Waals surface area contributed by atoms with Crippen LogP contribution in [0.3, 0.4) is 0 Å².